The monoisotopic (exact) mass is 364 g/mol. The summed E-state index contributed by atoms with van der Waals surface area (Å²) >= 11 is 3.24. The standard InChI is InChI=1S/C12H17BrN2O4S/c13-11-7-10(20(14,16)17)8-15-12(11)19-6-3-9-1-4-18-5-2-9/h7-9H,1-6H2,(H2,14,16,17). The van der Waals surface area contributed by atoms with Gasteiger partial charge in [0.1, 0.15) is 4.90 Å². The van der Waals surface area contributed by atoms with Crippen molar-refractivity contribution in [2.45, 2.75) is 24.2 Å². The van der Waals surface area contributed by atoms with Gasteiger partial charge in [-0.2, -0.15) is 0 Å². The van der Waals surface area contributed by atoms with E-state index in [9.17, 15) is 8.42 Å². The van der Waals surface area contributed by atoms with Crippen LogP contribution >= 0.6 is 15.9 Å². The summed E-state index contributed by atoms with van der Waals surface area (Å²) in [5, 5.41) is 5.03. The van der Waals surface area contributed by atoms with Crippen molar-refractivity contribution in [3.8, 4) is 5.88 Å². The van der Waals surface area contributed by atoms with E-state index in [1.165, 1.54) is 12.3 Å². The number of rotatable bonds is 5. The second-order valence-corrected chi connectivity index (χ2v) is 7.11. The Bertz CT molecular complexity index is 559. The Labute approximate surface area is 126 Å². The molecule has 0 aliphatic carbocycles. The number of hydrogen-bond acceptors (Lipinski definition) is 5. The molecule has 0 aromatic carbocycles. The summed E-state index contributed by atoms with van der Waals surface area (Å²) in [5.41, 5.74) is 0. The Kier molecular flexibility index (Phi) is 5.36. The van der Waals surface area contributed by atoms with E-state index in [0.29, 0.717) is 22.9 Å². The Morgan fingerprint density at radius 2 is 2.15 bits per heavy atom. The molecule has 2 heterocycles. The molecule has 0 atom stereocenters. The van der Waals surface area contributed by atoms with Gasteiger partial charge < -0.3 is 9.47 Å². The molecule has 1 aliphatic heterocycles. The second-order valence-electron chi connectivity index (χ2n) is 4.70. The molecule has 8 heteroatoms. The maximum absolute atomic E-state index is 11.2. The smallest absolute Gasteiger partial charge is 0.239 e. The van der Waals surface area contributed by atoms with Crippen molar-refractivity contribution < 1.29 is 17.9 Å². The molecule has 0 spiro atoms. The fourth-order valence-corrected chi connectivity index (χ4v) is 3.12. The van der Waals surface area contributed by atoms with E-state index in [-0.39, 0.29) is 4.90 Å². The Hall–Kier alpha value is -0.700. The van der Waals surface area contributed by atoms with E-state index < -0.39 is 10.0 Å². The van der Waals surface area contributed by atoms with Crippen LogP contribution in [0, 0.1) is 5.92 Å². The number of sulfonamides is 1. The van der Waals surface area contributed by atoms with Crippen LogP contribution in [-0.2, 0) is 14.8 Å². The third kappa shape index (κ3) is 4.41. The van der Waals surface area contributed by atoms with Gasteiger partial charge in [0, 0.05) is 13.2 Å². The number of ether oxygens (including phenoxy) is 2. The quantitative estimate of drug-likeness (QED) is 0.857. The first-order valence-electron chi connectivity index (χ1n) is 6.35. The topological polar surface area (TPSA) is 91.5 Å². The molecular weight excluding hydrogens is 348 g/mol. The van der Waals surface area contributed by atoms with Gasteiger partial charge in [0.25, 0.3) is 0 Å². The number of pyridine rings is 1. The molecule has 0 saturated carbocycles. The fourth-order valence-electron chi connectivity index (χ4n) is 2.03. The number of nitrogens with two attached hydrogens (primary N) is 1. The first kappa shape index (κ1) is 15.7. The summed E-state index contributed by atoms with van der Waals surface area (Å²) in [6.45, 7) is 2.18. The molecule has 0 radical (unpaired) electrons. The van der Waals surface area contributed by atoms with Crippen molar-refractivity contribution in [3.63, 3.8) is 0 Å². The van der Waals surface area contributed by atoms with Gasteiger partial charge in [-0.15, -0.1) is 0 Å². The number of primary sulfonamides is 1. The van der Waals surface area contributed by atoms with Gasteiger partial charge in [0.05, 0.1) is 17.3 Å². The lowest BCUT2D eigenvalue weighted by Crippen LogP contribution is -2.18. The summed E-state index contributed by atoms with van der Waals surface area (Å²) in [4.78, 5) is 3.93. The molecule has 2 rings (SSSR count). The Morgan fingerprint density at radius 1 is 1.45 bits per heavy atom. The molecule has 112 valence electrons. The van der Waals surface area contributed by atoms with Crippen LogP contribution in [0.1, 0.15) is 19.3 Å². The van der Waals surface area contributed by atoms with E-state index in [1.807, 2.05) is 0 Å². The minimum atomic E-state index is -3.74. The van der Waals surface area contributed by atoms with Crippen molar-refractivity contribution >= 4 is 26.0 Å². The molecule has 0 amide bonds. The van der Waals surface area contributed by atoms with Gasteiger partial charge in [0.15, 0.2) is 0 Å². The fraction of sp³-hybridized carbons (Fsp3) is 0.583. The SMILES string of the molecule is NS(=O)(=O)c1cnc(OCCC2CCOCC2)c(Br)c1. The Balaban J connectivity index is 1.90. The molecule has 1 aromatic rings. The molecule has 6 nitrogen and oxygen atoms in total. The number of halogens is 1. The predicted octanol–water partition coefficient (Wildman–Crippen LogP) is 1.69. The van der Waals surface area contributed by atoms with E-state index in [0.717, 1.165) is 32.5 Å². The van der Waals surface area contributed by atoms with Crippen LogP contribution in [0.5, 0.6) is 5.88 Å². The van der Waals surface area contributed by atoms with E-state index in [4.69, 9.17) is 14.6 Å². The van der Waals surface area contributed by atoms with E-state index >= 15 is 0 Å². The van der Waals surface area contributed by atoms with Crippen LogP contribution in [0.25, 0.3) is 0 Å². The average molecular weight is 365 g/mol. The lowest BCUT2D eigenvalue weighted by molar-refractivity contribution is 0.0591. The highest BCUT2D eigenvalue weighted by atomic mass is 79.9. The van der Waals surface area contributed by atoms with Crippen LogP contribution < -0.4 is 9.88 Å². The molecule has 1 aromatic heterocycles. The summed E-state index contributed by atoms with van der Waals surface area (Å²) in [6.07, 6.45) is 4.25. The predicted molar refractivity (Wildman–Crippen MR) is 77.0 cm³/mol. The molecule has 2 N–H and O–H groups in total. The summed E-state index contributed by atoms with van der Waals surface area (Å²) in [6, 6.07) is 1.39. The van der Waals surface area contributed by atoms with Crippen molar-refractivity contribution in [2.24, 2.45) is 11.1 Å². The normalized spacial score (nSPS) is 17.1. The second kappa shape index (κ2) is 6.84. The summed E-state index contributed by atoms with van der Waals surface area (Å²) < 4.78 is 33.7. The van der Waals surface area contributed by atoms with E-state index in [2.05, 4.69) is 20.9 Å². The van der Waals surface area contributed by atoms with E-state index in [1.54, 1.807) is 0 Å². The molecule has 0 unspecified atom stereocenters. The molecular formula is C12H17BrN2O4S. The van der Waals surface area contributed by atoms with Gasteiger partial charge in [-0.1, -0.05) is 0 Å². The highest BCUT2D eigenvalue weighted by Gasteiger charge is 2.15. The first-order valence-corrected chi connectivity index (χ1v) is 8.69. The molecule has 20 heavy (non-hydrogen) atoms. The third-order valence-corrected chi connectivity index (χ3v) is 4.67. The number of aromatic nitrogens is 1. The lowest BCUT2D eigenvalue weighted by atomic mass is 9.97. The molecule has 1 saturated heterocycles. The maximum Gasteiger partial charge on any atom is 0.239 e. The van der Waals surface area contributed by atoms with Gasteiger partial charge in [-0.25, -0.2) is 18.5 Å². The minimum Gasteiger partial charge on any atom is -0.477 e. The highest BCUT2D eigenvalue weighted by Crippen LogP contribution is 2.25. The average Bonchev–Trinajstić information content (AvgIpc) is 2.40. The third-order valence-electron chi connectivity index (χ3n) is 3.22. The summed E-state index contributed by atoms with van der Waals surface area (Å²) in [5.74, 6) is 0.996. The van der Waals surface area contributed by atoms with Crippen LogP contribution in [0.2, 0.25) is 0 Å². The maximum atomic E-state index is 11.2. The number of hydrogen-bond donors (Lipinski definition) is 1. The van der Waals surface area contributed by atoms with Gasteiger partial charge in [-0.05, 0) is 47.2 Å². The lowest BCUT2D eigenvalue weighted by Gasteiger charge is -2.21. The van der Waals surface area contributed by atoms with Crippen LogP contribution in [0.4, 0.5) is 0 Å². The minimum absolute atomic E-state index is 0.0406. The zero-order valence-electron chi connectivity index (χ0n) is 10.9. The van der Waals surface area contributed by atoms with Crippen molar-refractivity contribution in [3.05, 3.63) is 16.7 Å². The Morgan fingerprint density at radius 3 is 2.75 bits per heavy atom. The number of nitrogens with zero attached hydrogens (tertiary/aromatic N) is 1. The molecule has 1 aliphatic rings. The van der Waals surface area contributed by atoms with Gasteiger partial charge >= 0.3 is 0 Å². The van der Waals surface area contributed by atoms with Crippen LogP contribution in [0.3, 0.4) is 0 Å². The van der Waals surface area contributed by atoms with Gasteiger partial charge in [-0.3, -0.25) is 0 Å². The largest absolute Gasteiger partial charge is 0.477 e. The van der Waals surface area contributed by atoms with Crippen molar-refractivity contribution in [1.82, 2.24) is 4.98 Å². The van der Waals surface area contributed by atoms with Crippen molar-refractivity contribution in [2.75, 3.05) is 19.8 Å². The first-order chi connectivity index (χ1) is 9.47. The van der Waals surface area contributed by atoms with Gasteiger partial charge in [0.2, 0.25) is 15.9 Å². The molecule has 0 bridgehead atoms. The zero-order valence-corrected chi connectivity index (χ0v) is 13.3. The van der Waals surface area contributed by atoms with Crippen LogP contribution in [0.15, 0.2) is 21.6 Å². The highest BCUT2D eigenvalue weighted by molar-refractivity contribution is 9.10. The van der Waals surface area contributed by atoms with Crippen molar-refractivity contribution in [1.29, 1.82) is 0 Å². The molecule has 1 fully saturated rings. The zero-order chi connectivity index (χ0) is 14.6. The summed E-state index contributed by atoms with van der Waals surface area (Å²) in [7, 11) is -3.74. The van der Waals surface area contributed by atoms with Crippen LogP contribution in [-0.4, -0.2) is 33.2 Å².